The van der Waals surface area contributed by atoms with Crippen LogP contribution in [0.1, 0.15) is 36.5 Å². The van der Waals surface area contributed by atoms with Gasteiger partial charge in [0.2, 0.25) is 5.88 Å². The van der Waals surface area contributed by atoms with Crippen molar-refractivity contribution in [3.05, 3.63) is 53.2 Å². The highest BCUT2D eigenvalue weighted by Crippen LogP contribution is 2.29. The summed E-state index contributed by atoms with van der Waals surface area (Å²) in [5, 5.41) is 6.55. The Morgan fingerprint density at radius 3 is 2.67 bits per heavy atom. The average Bonchev–Trinajstić information content (AvgIpc) is 3.52. The monoisotopic (exact) mass is 430 g/mol. The Hall–Kier alpha value is -2.61. The number of nitrogens with one attached hydrogen (secondary N) is 2. The van der Waals surface area contributed by atoms with E-state index in [4.69, 9.17) is 4.74 Å². The lowest BCUT2D eigenvalue weighted by Crippen LogP contribution is -2.36. The molecule has 1 aromatic heterocycles. The zero-order valence-corrected chi connectivity index (χ0v) is 18.6. The second-order valence-electron chi connectivity index (χ2n) is 7.68. The summed E-state index contributed by atoms with van der Waals surface area (Å²) in [5.41, 5.74) is 2.75. The molecule has 0 aliphatic heterocycles. The summed E-state index contributed by atoms with van der Waals surface area (Å²) in [5.74, 6) is 2.04. The van der Waals surface area contributed by atoms with E-state index >= 15 is 0 Å². The molecular weight excluding hydrogens is 400 g/mol. The van der Waals surface area contributed by atoms with Crippen molar-refractivity contribution < 1.29 is 13.2 Å². The van der Waals surface area contributed by atoms with Crippen LogP contribution in [-0.2, 0) is 22.9 Å². The molecule has 0 saturated heterocycles. The highest BCUT2D eigenvalue weighted by molar-refractivity contribution is 7.90. The van der Waals surface area contributed by atoms with Crippen molar-refractivity contribution in [1.29, 1.82) is 0 Å². The van der Waals surface area contributed by atoms with Gasteiger partial charge < -0.3 is 15.4 Å². The fourth-order valence-electron chi connectivity index (χ4n) is 3.05. The number of aryl methyl sites for hydroxylation is 1. The van der Waals surface area contributed by atoms with Crippen molar-refractivity contribution in [3.63, 3.8) is 0 Å². The largest absolute Gasteiger partial charge is 0.477 e. The van der Waals surface area contributed by atoms with Gasteiger partial charge in [0, 0.05) is 31.6 Å². The fourth-order valence-corrected chi connectivity index (χ4v) is 4.01. The number of ether oxygens (including phenoxy) is 1. The van der Waals surface area contributed by atoms with Crippen LogP contribution in [0, 0.1) is 12.8 Å². The Kier molecular flexibility index (Phi) is 7.31. The molecule has 30 heavy (non-hydrogen) atoms. The molecule has 1 saturated carbocycles. The Morgan fingerprint density at radius 2 is 2.00 bits per heavy atom. The first kappa shape index (κ1) is 22.1. The number of nitrogens with zero attached hydrogens (tertiary/aromatic N) is 2. The van der Waals surface area contributed by atoms with Gasteiger partial charge in [-0.25, -0.2) is 18.4 Å². The number of rotatable bonds is 9. The van der Waals surface area contributed by atoms with E-state index in [2.05, 4.69) is 20.6 Å². The lowest BCUT2D eigenvalue weighted by molar-refractivity contribution is 0.288. The van der Waals surface area contributed by atoms with E-state index < -0.39 is 9.84 Å². The lowest BCUT2D eigenvalue weighted by atomic mass is 10.1. The Bertz CT molecular complexity index is 1000. The van der Waals surface area contributed by atoms with Crippen LogP contribution >= 0.6 is 0 Å². The average molecular weight is 431 g/mol. The number of hydrogen-bond donors (Lipinski definition) is 2. The Labute approximate surface area is 178 Å². The zero-order valence-electron chi connectivity index (χ0n) is 17.8. The molecule has 0 atom stereocenters. The van der Waals surface area contributed by atoms with Crippen molar-refractivity contribution in [2.45, 2.75) is 44.7 Å². The number of aromatic nitrogens is 1. The molecule has 8 heteroatoms. The predicted octanol–water partition coefficient (Wildman–Crippen LogP) is 2.84. The van der Waals surface area contributed by atoms with Crippen molar-refractivity contribution >= 4 is 15.8 Å². The first-order valence-corrected chi connectivity index (χ1v) is 12.1. The van der Waals surface area contributed by atoms with E-state index in [1.807, 2.05) is 31.2 Å². The van der Waals surface area contributed by atoms with Gasteiger partial charge in [-0.15, -0.1) is 0 Å². The highest BCUT2D eigenvalue weighted by atomic mass is 32.2. The first-order chi connectivity index (χ1) is 14.3. The minimum Gasteiger partial charge on any atom is -0.477 e. The van der Waals surface area contributed by atoms with Crippen LogP contribution in [0.3, 0.4) is 0 Å². The van der Waals surface area contributed by atoms with E-state index in [1.165, 1.54) is 19.1 Å². The topological polar surface area (TPSA) is 92.7 Å². The van der Waals surface area contributed by atoms with Crippen molar-refractivity contribution in [2.75, 3.05) is 19.4 Å². The van der Waals surface area contributed by atoms with Gasteiger partial charge >= 0.3 is 0 Å². The number of pyridine rings is 1. The summed E-state index contributed by atoms with van der Waals surface area (Å²) in [4.78, 5) is 9.25. The minimum absolute atomic E-state index is 0.359. The maximum Gasteiger partial charge on any atom is 0.213 e. The van der Waals surface area contributed by atoms with Crippen LogP contribution in [0.2, 0.25) is 0 Å². The van der Waals surface area contributed by atoms with Gasteiger partial charge in [0.05, 0.1) is 18.0 Å². The molecule has 7 nitrogen and oxygen atoms in total. The first-order valence-electron chi connectivity index (χ1n) is 10.2. The van der Waals surface area contributed by atoms with E-state index in [9.17, 15) is 8.42 Å². The van der Waals surface area contributed by atoms with Crippen LogP contribution in [-0.4, -0.2) is 38.8 Å². The molecule has 1 heterocycles. The molecule has 2 aromatic rings. The van der Waals surface area contributed by atoms with Gasteiger partial charge in [-0.3, -0.25) is 0 Å². The predicted molar refractivity (Wildman–Crippen MR) is 118 cm³/mol. The molecule has 1 aromatic carbocycles. The van der Waals surface area contributed by atoms with E-state index in [-0.39, 0.29) is 0 Å². The van der Waals surface area contributed by atoms with Crippen LogP contribution in [0.15, 0.2) is 46.4 Å². The van der Waals surface area contributed by atoms with Crippen LogP contribution in [0.4, 0.5) is 0 Å². The number of hydrogen-bond acceptors (Lipinski definition) is 5. The summed E-state index contributed by atoms with van der Waals surface area (Å²) in [7, 11) is -3.21. The third kappa shape index (κ3) is 6.73. The fraction of sp³-hybridized carbons (Fsp3) is 0.455. The normalized spacial score (nSPS) is 14.4. The number of benzene rings is 1. The molecule has 0 bridgehead atoms. The molecule has 1 fully saturated rings. The third-order valence-corrected chi connectivity index (χ3v) is 6.08. The summed E-state index contributed by atoms with van der Waals surface area (Å²) >= 11 is 0. The molecular formula is C22H30N4O3S. The van der Waals surface area contributed by atoms with Gasteiger partial charge in [0.25, 0.3) is 0 Å². The van der Waals surface area contributed by atoms with Crippen LogP contribution < -0.4 is 15.4 Å². The second kappa shape index (κ2) is 9.93. The summed E-state index contributed by atoms with van der Waals surface area (Å²) in [6.07, 6.45) is 5.48. The summed E-state index contributed by atoms with van der Waals surface area (Å²) in [6, 6.07) is 9.23. The van der Waals surface area contributed by atoms with E-state index in [0.29, 0.717) is 35.7 Å². The maximum atomic E-state index is 11.8. The SMILES string of the molecule is CCNC(=NCc1ccc(S(C)(=O)=O)c(C)c1)NCc1ccnc(OCC2CC2)c1. The van der Waals surface area contributed by atoms with Gasteiger partial charge in [-0.05, 0) is 61.4 Å². The summed E-state index contributed by atoms with van der Waals surface area (Å²) < 4.78 is 29.3. The molecule has 0 radical (unpaired) electrons. The highest BCUT2D eigenvalue weighted by Gasteiger charge is 2.22. The zero-order chi connectivity index (χ0) is 21.6. The standard InChI is InChI=1S/C22H30N4O3S/c1-4-23-22(25-13-18-7-8-20(16(2)11-18)30(3,27)28)26-14-19-9-10-24-21(12-19)29-15-17-5-6-17/h7-12,17H,4-6,13-15H2,1-3H3,(H2,23,25,26). The molecule has 0 unspecified atom stereocenters. The lowest BCUT2D eigenvalue weighted by Gasteiger charge is -2.12. The minimum atomic E-state index is -3.21. The van der Waals surface area contributed by atoms with Gasteiger partial charge in [0.15, 0.2) is 15.8 Å². The smallest absolute Gasteiger partial charge is 0.213 e. The molecule has 162 valence electrons. The maximum absolute atomic E-state index is 11.8. The molecule has 1 aliphatic rings. The molecule has 3 rings (SSSR count). The van der Waals surface area contributed by atoms with Gasteiger partial charge in [0.1, 0.15) is 0 Å². The van der Waals surface area contributed by atoms with Crippen molar-refractivity contribution in [2.24, 2.45) is 10.9 Å². The summed E-state index contributed by atoms with van der Waals surface area (Å²) in [6.45, 7) is 6.35. The van der Waals surface area contributed by atoms with Crippen LogP contribution in [0.25, 0.3) is 0 Å². The molecule has 0 amide bonds. The van der Waals surface area contributed by atoms with Crippen LogP contribution in [0.5, 0.6) is 5.88 Å². The Morgan fingerprint density at radius 1 is 1.20 bits per heavy atom. The van der Waals surface area contributed by atoms with Crippen molar-refractivity contribution in [3.8, 4) is 5.88 Å². The molecule has 0 spiro atoms. The quantitative estimate of drug-likeness (QED) is 0.469. The number of aliphatic imine (C=N–C) groups is 1. The van der Waals surface area contributed by atoms with E-state index in [1.54, 1.807) is 19.2 Å². The second-order valence-corrected chi connectivity index (χ2v) is 9.66. The number of guanidine groups is 1. The van der Waals surface area contributed by atoms with Gasteiger partial charge in [-0.1, -0.05) is 12.1 Å². The number of sulfone groups is 1. The van der Waals surface area contributed by atoms with Gasteiger partial charge in [-0.2, -0.15) is 0 Å². The third-order valence-electron chi connectivity index (χ3n) is 4.83. The van der Waals surface area contributed by atoms with E-state index in [0.717, 1.165) is 29.8 Å². The van der Waals surface area contributed by atoms with Crippen molar-refractivity contribution in [1.82, 2.24) is 15.6 Å². The molecule has 1 aliphatic carbocycles. The molecule has 2 N–H and O–H groups in total. The Balaban J connectivity index is 1.60.